The molecule has 0 aliphatic rings. The maximum Gasteiger partial charge on any atom is 0.411 e. The van der Waals surface area contributed by atoms with Crippen molar-refractivity contribution >= 4 is 11.4 Å². The van der Waals surface area contributed by atoms with Gasteiger partial charge >= 0.3 is 6.18 Å². The van der Waals surface area contributed by atoms with Crippen molar-refractivity contribution < 1.29 is 22.8 Å². The SMILES string of the molecule is Cc1cc([N+](=O)[O-])ccc1NCCOCC(F)(F)F. The molecule has 0 aromatic heterocycles. The molecule has 106 valence electrons. The van der Waals surface area contributed by atoms with Crippen LogP contribution in [0.4, 0.5) is 24.5 Å². The Balaban J connectivity index is 2.40. The molecule has 8 heteroatoms. The number of nitrogens with zero attached hydrogens (tertiary/aromatic N) is 1. The van der Waals surface area contributed by atoms with E-state index >= 15 is 0 Å². The Kier molecular flexibility index (Phi) is 5.11. The summed E-state index contributed by atoms with van der Waals surface area (Å²) in [7, 11) is 0. The highest BCUT2D eigenvalue weighted by atomic mass is 19.4. The first-order valence-electron chi connectivity index (χ1n) is 5.43. The molecule has 0 spiro atoms. The molecular formula is C11H13F3N2O3. The predicted octanol–water partition coefficient (Wildman–Crippen LogP) is 2.89. The summed E-state index contributed by atoms with van der Waals surface area (Å²) >= 11 is 0. The van der Waals surface area contributed by atoms with Crippen LogP contribution in [0.5, 0.6) is 0 Å². The summed E-state index contributed by atoms with van der Waals surface area (Å²) in [6, 6.07) is 4.22. The van der Waals surface area contributed by atoms with Crippen molar-refractivity contribution in [2.75, 3.05) is 25.1 Å². The molecular weight excluding hydrogens is 265 g/mol. The molecule has 0 fully saturated rings. The lowest BCUT2D eigenvalue weighted by atomic mass is 10.2. The zero-order chi connectivity index (χ0) is 14.5. The standard InChI is InChI=1S/C11H13F3N2O3/c1-8-6-9(16(17)18)2-3-10(8)15-4-5-19-7-11(12,13)14/h2-3,6,15H,4-5,7H2,1H3. The molecule has 19 heavy (non-hydrogen) atoms. The number of nitro benzene ring substituents is 1. The number of alkyl halides is 3. The summed E-state index contributed by atoms with van der Waals surface area (Å²) in [6.45, 7) is 0.477. The lowest BCUT2D eigenvalue weighted by Crippen LogP contribution is -2.20. The Morgan fingerprint density at radius 1 is 1.42 bits per heavy atom. The van der Waals surface area contributed by atoms with Crippen LogP contribution in [0.1, 0.15) is 5.56 Å². The smallest absolute Gasteiger partial charge is 0.383 e. The first-order chi connectivity index (χ1) is 8.79. The van der Waals surface area contributed by atoms with Crippen LogP contribution in [0.15, 0.2) is 18.2 Å². The number of hydrogen-bond acceptors (Lipinski definition) is 4. The quantitative estimate of drug-likeness (QED) is 0.493. The number of aryl methyl sites for hydroxylation is 1. The lowest BCUT2D eigenvalue weighted by Gasteiger charge is -2.10. The average molecular weight is 278 g/mol. The van der Waals surface area contributed by atoms with E-state index in [0.29, 0.717) is 11.3 Å². The molecule has 0 aliphatic heterocycles. The highest BCUT2D eigenvalue weighted by molar-refractivity contribution is 5.55. The molecule has 0 amide bonds. The van der Waals surface area contributed by atoms with Gasteiger partial charge in [-0.25, -0.2) is 0 Å². The van der Waals surface area contributed by atoms with Gasteiger partial charge in [0.25, 0.3) is 5.69 Å². The Bertz CT molecular complexity index is 449. The fourth-order valence-electron chi connectivity index (χ4n) is 1.41. The van der Waals surface area contributed by atoms with E-state index in [4.69, 9.17) is 0 Å². The molecule has 1 aromatic rings. The maximum absolute atomic E-state index is 11.8. The van der Waals surface area contributed by atoms with Gasteiger partial charge < -0.3 is 10.1 Å². The molecule has 0 saturated heterocycles. The molecule has 0 aliphatic carbocycles. The van der Waals surface area contributed by atoms with Crippen molar-refractivity contribution in [1.29, 1.82) is 0 Å². The van der Waals surface area contributed by atoms with E-state index in [9.17, 15) is 23.3 Å². The van der Waals surface area contributed by atoms with Crippen LogP contribution in [0.2, 0.25) is 0 Å². The summed E-state index contributed by atoms with van der Waals surface area (Å²) < 4.78 is 39.8. The van der Waals surface area contributed by atoms with Gasteiger partial charge in [-0.15, -0.1) is 0 Å². The monoisotopic (exact) mass is 278 g/mol. The van der Waals surface area contributed by atoms with E-state index in [1.807, 2.05) is 0 Å². The van der Waals surface area contributed by atoms with Crippen molar-refractivity contribution in [2.24, 2.45) is 0 Å². The summed E-state index contributed by atoms with van der Waals surface area (Å²) in [6.07, 6.45) is -4.33. The number of halogens is 3. The van der Waals surface area contributed by atoms with Gasteiger partial charge in [0.05, 0.1) is 11.5 Å². The van der Waals surface area contributed by atoms with E-state index < -0.39 is 17.7 Å². The summed E-state index contributed by atoms with van der Waals surface area (Å²) in [5, 5.41) is 13.4. The van der Waals surface area contributed by atoms with Crippen molar-refractivity contribution in [2.45, 2.75) is 13.1 Å². The van der Waals surface area contributed by atoms with Gasteiger partial charge in [-0.2, -0.15) is 13.2 Å². The molecule has 0 heterocycles. The van der Waals surface area contributed by atoms with E-state index in [1.165, 1.54) is 18.2 Å². The number of anilines is 1. The average Bonchev–Trinajstić information content (AvgIpc) is 2.28. The van der Waals surface area contributed by atoms with Crippen LogP contribution in [0.25, 0.3) is 0 Å². The fourth-order valence-corrected chi connectivity index (χ4v) is 1.41. The summed E-state index contributed by atoms with van der Waals surface area (Å²) in [5.41, 5.74) is 1.24. The topological polar surface area (TPSA) is 64.4 Å². The molecule has 1 N–H and O–H groups in total. The van der Waals surface area contributed by atoms with Gasteiger partial charge in [-0.1, -0.05) is 0 Å². The van der Waals surface area contributed by atoms with Crippen LogP contribution in [-0.4, -0.2) is 30.9 Å². The number of nitrogens with one attached hydrogen (secondary N) is 1. The van der Waals surface area contributed by atoms with Crippen LogP contribution in [0, 0.1) is 17.0 Å². The number of rotatable bonds is 6. The second-order valence-electron chi connectivity index (χ2n) is 3.85. The highest BCUT2D eigenvalue weighted by Crippen LogP contribution is 2.21. The molecule has 1 aromatic carbocycles. The van der Waals surface area contributed by atoms with Crippen LogP contribution >= 0.6 is 0 Å². The number of ether oxygens (including phenoxy) is 1. The number of benzene rings is 1. The molecule has 0 radical (unpaired) electrons. The Hall–Kier alpha value is -1.83. The normalized spacial score (nSPS) is 11.4. The molecule has 0 saturated carbocycles. The van der Waals surface area contributed by atoms with Crippen molar-refractivity contribution in [3.63, 3.8) is 0 Å². The summed E-state index contributed by atoms with van der Waals surface area (Å²) in [4.78, 5) is 10.0. The lowest BCUT2D eigenvalue weighted by molar-refractivity contribution is -0.384. The van der Waals surface area contributed by atoms with Crippen molar-refractivity contribution in [1.82, 2.24) is 0 Å². The fraction of sp³-hybridized carbons (Fsp3) is 0.455. The minimum absolute atomic E-state index is 0.0311. The van der Waals surface area contributed by atoms with Crippen molar-refractivity contribution in [3.05, 3.63) is 33.9 Å². The zero-order valence-electron chi connectivity index (χ0n) is 10.2. The Morgan fingerprint density at radius 3 is 2.63 bits per heavy atom. The van der Waals surface area contributed by atoms with E-state index in [0.717, 1.165) is 0 Å². The van der Waals surface area contributed by atoms with Gasteiger partial charge in [0.1, 0.15) is 6.61 Å². The minimum atomic E-state index is -4.33. The van der Waals surface area contributed by atoms with Crippen LogP contribution in [-0.2, 0) is 4.74 Å². The van der Waals surface area contributed by atoms with Gasteiger partial charge in [-0.3, -0.25) is 10.1 Å². The second-order valence-corrected chi connectivity index (χ2v) is 3.85. The second kappa shape index (κ2) is 6.37. The minimum Gasteiger partial charge on any atom is -0.383 e. The third-order valence-electron chi connectivity index (χ3n) is 2.25. The predicted molar refractivity (Wildman–Crippen MR) is 63.2 cm³/mol. The first kappa shape index (κ1) is 15.2. The van der Waals surface area contributed by atoms with Gasteiger partial charge in [0, 0.05) is 24.4 Å². The van der Waals surface area contributed by atoms with Gasteiger partial charge in [0.2, 0.25) is 0 Å². The Morgan fingerprint density at radius 2 is 2.11 bits per heavy atom. The maximum atomic E-state index is 11.8. The number of hydrogen-bond donors (Lipinski definition) is 1. The number of non-ortho nitro benzene ring substituents is 1. The first-order valence-corrected chi connectivity index (χ1v) is 5.43. The highest BCUT2D eigenvalue weighted by Gasteiger charge is 2.27. The third kappa shape index (κ3) is 5.56. The zero-order valence-corrected chi connectivity index (χ0v) is 10.2. The van der Waals surface area contributed by atoms with Crippen molar-refractivity contribution in [3.8, 4) is 0 Å². The van der Waals surface area contributed by atoms with Crippen LogP contribution in [0.3, 0.4) is 0 Å². The number of nitro groups is 1. The molecule has 0 unspecified atom stereocenters. The largest absolute Gasteiger partial charge is 0.411 e. The van der Waals surface area contributed by atoms with E-state index in [1.54, 1.807) is 6.92 Å². The molecule has 0 bridgehead atoms. The van der Waals surface area contributed by atoms with Gasteiger partial charge in [0.15, 0.2) is 0 Å². The summed E-state index contributed by atoms with van der Waals surface area (Å²) in [5.74, 6) is 0. The van der Waals surface area contributed by atoms with E-state index in [-0.39, 0.29) is 18.8 Å². The van der Waals surface area contributed by atoms with Gasteiger partial charge in [-0.05, 0) is 18.6 Å². The Labute approximate surface area is 107 Å². The third-order valence-corrected chi connectivity index (χ3v) is 2.25. The molecule has 5 nitrogen and oxygen atoms in total. The van der Waals surface area contributed by atoms with E-state index in [2.05, 4.69) is 10.1 Å². The van der Waals surface area contributed by atoms with Crippen LogP contribution < -0.4 is 5.32 Å². The molecule has 0 atom stereocenters. The molecule has 1 rings (SSSR count).